The maximum absolute atomic E-state index is 13.7. The minimum atomic E-state index is -0.902. The molecule has 0 radical (unpaired) electrons. The lowest BCUT2D eigenvalue weighted by molar-refractivity contribution is -0.137. The molecule has 2 aliphatic rings. The van der Waals surface area contributed by atoms with Gasteiger partial charge in [-0.3, -0.25) is 14.6 Å². The normalized spacial score (nSPS) is 19.4. The Kier molecular flexibility index (Phi) is 7.76. The van der Waals surface area contributed by atoms with Crippen molar-refractivity contribution in [3.05, 3.63) is 53.9 Å². The van der Waals surface area contributed by atoms with Crippen molar-refractivity contribution in [3.63, 3.8) is 0 Å². The van der Waals surface area contributed by atoms with Crippen molar-refractivity contribution in [2.75, 3.05) is 24.5 Å². The summed E-state index contributed by atoms with van der Waals surface area (Å²) in [4.78, 5) is 31.2. The zero-order valence-corrected chi connectivity index (χ0v) is 19.2. The molecule has 8 nitrogen and oxygen atoms in total. The number of piperidine rings is 1. The first-order valence-corrected chi connectivity index (χ1v) is 11.9. The number of aromatic nitrogens is 1. The Morgan fingerprint density at radius 3 is 2.62 bits per heavy atom. The molecule has 2 atom stereocenters. The second kappa shape index (κ2) is 11.1. The minimum Gasteiger partial charge on any atom is -0.481 e. The average Bonchev–Trinajstić information content (AvgIpc) is 3.41. The number of carbonyl (C=O) groups is 2. The average molecular weight is 463 g/mol. The van der Waals surface area contributed by atoms with Gasteiger partial charge in [0.2, 0.25) is 0 Å². The highest BCUT2D eigenvalue weighted by atomic mass is 16.5. The lowest BCUT2D eigenvalue weighted by atomic mass is 9.87. The van der Waals surface area contributed by atoms with Gasteiger partial charge in [-0.2, -0.15) is 5.26 Å². The summed E-state index contributed by atoms with van der Waals surface area (Å²) < 4.78 is 6.35. The molecule has 1 aromatic heterocycles. The third-order valence-corrected chi connectivity index (χ3v) is 6.73. The van der Waals surface area contributed by atoms with Crippen molar-refractivity contribution in [1.29, 1.82) is 5.26 Å². The molecule has 2 N–H and O–H groups in total. The largest absolute Gasteiger partial charge is 0.481 e. The second-order valence-electron chi connectivity index (χ2n) is 8.94. The number of aliphatic carboxylic acids is 1. The van der Waals surface area contributed by atoms with E-state index < -0.39 is 12.1 Å². The van der Waals surface area contributed by atoms with Crippen LogP contribution in [0.4, 0.5) is 5.69 Å². The number of carbonyl (C=O) groups excluding carboxylic acids is 1. The Balaban J connectivity index is 1.51. The number of nitrogens with one attached hydrogen (secondary N) is 1. The van der Waals surface area contributed by atoms with Gasteiger partial charge in [-0.1, -0.05) is 6.07 Å². The van der Waals surface area contributed by atoms with E-state index in [1.165, 1.54) is 0 Å². The summed E-state index contributed by atoms with van der Waals surface area (Å²) >= 11 is 0. The van der Waals surface area contributed by atoms with E-state index in [9.17, 15) is 14.9 Å². The van der Waals surface area contributed by atoms with Crippen LogP contribution in [0.25, 0.3) is 0 Å². The fourth-order valence-electron chi connectivity index (χ4n) is 4.84. The number of benzene rings is 1. The predicted molar refractivity (Wildman–Crippen MR) is 127 cm³/mol. The Labute approximate surface area is 199 Å². The van der Waals surface area contributed by atoms with Crippen LogP contribution >= 0.6 is 0 Å². The molecule has 0 amide bonds. The first-order valence-electron chi connectivity index (χ1n) is 11.9. The number of ether oxygens (including phenoxy) is 1. The summed E-state index contributed by atoms with van der Waals surface area (Å²) in [6, 6.07) is 11.0. The molecule has 8 heteroatoms. The highest BCUT2D eigenvalue weighted by molar-refractivity contribution is 5.87. The number of carboxylic acids is 1. The van der Waals surface area contributed by atoms with Crippen LogP contribution in [0, 0.1) is 17.2 Å². The zero-order chi connectivity index (χ0) is 23.9. The van der Waals surface area contributed by atoms with Gasteiger partial charge < -0.3 is 20.1 Å². The monoisotopic (exact) mass is 462 g/mol. The maximum atomic E-state index is 13.7. The van der Waals surface area contributed by atoms with Gasteiger partial charge in [-0.15, -0.1) is 0 Å². The molecule has 2 aliphatic heterocycles. The molecule has 34 heavy (non-hydrogen) atoms. The summed E-state index contributed by atoms with van der Waals surface area (Å²) in [5, 5.41) is 21.9. The highest BCUT2D eigenvalue weighted by Crippen LogP contribution is 2.30. The van der Waals surface area contributed by atoms with Crippen LogP contribution < -0.4 is 15.0 Å². The van der Waals surface area contributed by atoms with Crippen LogP contribution in [0.15, 0.2) is 42.7 Å². The number of pyridine rings is 1. The van der Waals surface area contributed by atoms with Crippen LogP contribution in [0.2, 0.25) is 0 Å². The van der Waals surface area contributed by atoms with E-state index in [1.54, 1.807) is 30.6 Å². The van der Waals surface area contributed by atoms with E-state index in [2.05, 4.69) is 21.3 Å². The number of anilines is 1. The molecule has 3 heterocycles. The number of hydrogen-bond acceptors (Lipinski definition) is 7. The van der Waals surface area contributed by atoms with Crippen molar-refractivity contribution >= 4 is 17.4 Å². The topological polar surface area (TPSA) is 116 Å². The summed E-state index contributed by atoms with van der Waals surface area (Å²) in [7, 11) is 0. The van der Waals surface area contributed by atoms with Gasteiger partial charge in [0.05, 0.1) is 17.7 Å². The van der Waals surface area contributed by atoms with Gasteiger partial charge in [0, 0.05) is 43.5 Å². The van der Waals surface area contributed by atoms with Crippen molar-refractivity contribution < 1.29 is 19.4 Å². The number of rotatable bonds is 9. The molecular formula is C26H30N4O4. The quantitative estimate of drug-likeness (QED) is 0.584. The standard InChI is InChI=1S/C26H30N4O4/c27-17-18-3-4-19(5-6-24(31)32)23(16-18)34-26(22-2-1-11-29-22)25(33)20-9-14-30(15-10-20)21-7-12-28-13-8-21/h3-4,7-8,12-13,16,20,22,26,29H,1-2,5-6,9-11,14-15H2,(H,31,32)/t22-,26?/m1/s1. The summed E-state index contributed by atoms with van der Waals surface area (Å²) in [6.07, 6.45) is 6.43. The van der Waals surface area contributed by atoms with Gasteiger partial charge in [0.25, 0.3) is 0 Å². The van der Waals surface area contributed by atoms with Gasteiger partial charge in [0.15, 0.2) is 11.9 Å². The predicted octanol–water partition coefficient (Wildman–Crippen LogP) is 2.96. The molecule has 0 bridgehead atoms. The van der Waals surface area contributed by atoms with E-state index >= 15 is 0 Å². The maximum Gasteiger partial charge on any atom is 0.303 e. The van der Waals surface area contributed by atoms with Crippen molar-refractivity contribution in [3.8, 4) is 11.8 Å². The van der Waals surface area contributed by atoms with E-state index in [1.807, 2.05) is 12.1 Å². The third kappa shape index (κ3) is 5.72. The van der Waals surface area contributed by atoms with E-state index in [-0.39, 0.29) is 30.6 Å². The van der Waals surface area contributed by atoms with Crippen molar-refractivity contribution in [2.45, 2.75) is 50.7 Å². The number of aryl methyl sites for hydroxylation is 1. The van der Waals surface area contributed by atoms with Crippen LogP contribution in [-0.2, 0) is 16.0 Å². The number of hydrogen-bond donors (Lipinski definition) is 2. The lowest BCUT2D eigenvalue weighted by Crippen LogP contribution is -2.49. The number of ketones is 1. The number of nitriles is 1. The fraction of sp³-hybridized carbons (Fsp3) is 0.462. The highest BCUT2D eigenvalue weighted by Gasteiger charge is 2.38. The van der Waals surface area contributed by atoms with Gasteiger partial charge in [-0.05, 0) is 68.5 Å². The molecule has 4 rings (SSSR count). The van der Waals surface area contributed by atoms with Gasteiger partial charge in [-0.25, -0.2) is 0 Å². The van der Waals surface area contributed by atoms with E-state index in [4.69, 9.17) is 9.84 Å². The fourth-order valence-corrected chi connectivity index (χ4v) is 4.84. The van der Waals surface area contributed by atoms with Crippen molar-refractivity contribution in [1.82, 2.24) is 10.3 Å². The minimum absolute atomic E-state index is 0.0456. The molecule has 0 spiro atoms. The molecule has 2 saturated heterocycles. The van der Waals surface area contributed by atoms with E-state index in [0.29, 0.717) is 16.9 Å². The molecular weight excluding hydrogens is 432 g/mol. The van der Waals surface area contributed by atoms with Crippen LogP contribution in [0.3, 0.4) is 0 Å². The molecule has 1 aromatic carbocycles. The first-order chi connectivity index (χ1) is 16.5. The summed E-state index contributed by atoms with van der Waals surface area (Å²) in [6.45, 7) is 2.42. The van der Waals surface area contributed by atoms with Crippen LogP contribution in [0.5, 0.6) is 5.75 Å². The Morgan fingerprint density at radius 1 is 1.21 bits per heavy atom. The molecule has 0 saturated carbocycles. The van der Waals surface area contributed by atoms with Crippen LogP contribution in [-0.4, -0.2) is 53.6 Å². The van der Waals surface area contributed by atoms with Gasteiger partial charge >= 0.3 is 5.97 Å². The Bertz CT molecular complexity index is 1040. The number of nitrogens with zero attached hydrogens (tertiary/aromatic N) is 3. The third-order valence-electron chi connectivity index (χ3n) is 6.73. The molecule has 178 valence electrons. The second-order valence-corrected chi connectivity index (χ2v) is 8.94. The van der Waals surface area contributed by atoms with Gasteiger partial charge in [0.1, 0.15) is 5.75 Å². The summed E-state index contributed by atoms with van der Waals surface area (Å²) in [5.41, 5.74) is 2.23. The van der Waals surface area contributed by atoms with Crippen LogP contribution in [0.1, 0.15) is 43.2 Å². The molecule has 2 fully saturated rings. The molecule has 1 unspecified atom stereocenters. The molecule has 2 aromatic rings. The number of carboxylic acid groups (broad SMARTS) is 1. The first kappa shape index (κ1) is 23.7. The molecule has 0 aliphatic carbocycles. The zero-order valence-electron chi connectivity index (χ0n) is 19.2. The smallest absolute Gasteiger partial charge is 0.303 e. The van der Waals surface area contributed by atoms with E-state index in [0.717, 1.165) is 51.0 Å². The lowest BCUT2D eigenvalue weighted by Gasteiger charge is -2.35. The Morgan fingerprint density at radius 2 is 1.97 bits per heavy atom. The number of Topliss-reactive ketones (excluding diaryl/α,β-unsaturated/α-hetero) is 1. The SMILES string of the molecule is N#Cc1ccc(CCC(=O)O)c(OC(C(=O)C2CCN(c3ccncc3)CC2)[C@H]2CCCN2)c1. The Hall–Kier alpha value is -3.44. The summed E-state index contributed by atoms with van der Waals surface area (Å²) in [5.74, 6) is -0.490. The van der Waals surface area contributed by atoms with Crippen molar-refractivity contribution in [2.24, 2.45) is 5.92 Å².